The summed E-state index contributed by atoms with van der Waals surface area (Å²) < 4.78 is 11.4. The highest BCUT2D eigenvalue weighted by molar-refractivity contribution is 5.92. The Morgan fingerprint density at radius 3 is 2.83 bits per heavy atom. The minimum Gasteiger partial charge on any atom is -0.454 e. The van der Waals surface area contributed by atoms with Crippen molar-refractivity contribution in [2.45, 2.75) is 25.4 Å². The molecule has 0 saturated carbocycles. The number of fused-ring (bicyclic) bond motifs is 2. The number of rotatable bonds is 1. The lowest BCUT2D eigenvalue weighted by molar-refractivity contribution is -0.147. The molecule has 2 N–H and O–H groups in total. The van der Waals surface area contributed by atoms with Crippen LogP contribution >= 0.6 is 0 Å². The Labute approximate surface area is 140 Å². The zero-order chi connectivity index (χ0) is 16.7. The lowest BCUT2D eigenvalue weighted by atomic mass is 9.72. The smallest absolute Gasteiger partial charge is 0.338 e. The number of esters is 1. The van der Waals surface area contributed by atoms with Crippen molar-refractivity contribution in [1.82, 2.24) is 0 Å². The topological polar surface area (TPSA) is 85.3 Å². The number of carbonyl (C=O) groups is 1. The third-order valence-corrected chi connectivity index (χ3v) is 5.06. The molecule has 0 aromatic rings. The second-order valence-corrected chi connectivity index (χ2v) is 6.44. The average molecular weight is 322 g/mol. The van der Waals surface area contributed by atoms with E-state index in [1.165, 1.54) is 0 Å². The molecule has 0 fully saturated rings. The van der Waals surface area contributed by atoms with Gasteiger partial charge in [0, 0.05) is 5.92 Å². The fourth-order valence-corrected chi connectivity index (χ4v) is 3.95. The highest BCUT2D eigenvalue weighted by Crippen LogP contribution is 2.46. The van der Waals surface area contributed by atoms with Gasteiger partial charge in [0.25, 0.3) is 0 Å². The van der Waals surface area contributed by atoms with Crippen molar-refractivity contribution in [2.24, 2.45) is 23.5 Å². The molecule has 4 rings (SSSR count). The van der Waals surface area contributed by atoms with E-state index < -0.39 is 5.97 Å². The summed E-state index contributed by atoms with van der Waals surface area (Å²) in [6.07, 6.45) is 14.3. The third-order valence-electron chi connectivity index (χ3n) is 5.06. The van der Waals surface area contributed by atoms with Crippen LogP contribution in [0.25, 0.3) is 0 Å². The number of allylic oxidation sites excluding steroid dienone is 5. The van der Waals surface area contributed by atoms with E-state index in [4.69, 9.17) is 15.2 Å². The molecule has 0 aromatic heterocycles. The van der Waals surface area contributed by atoms with Crippen molar-refractivity contribution in [1.29, 1.82) is 5.26 Å². The predicted molar refractivity (Wildman–Crippen MR) is 86.6 cm³/mol. The van der Waals surface area contributed by atoms with Gasteiger partial charge in [0.05, 0.1) is 17.1 Å². The normalized spacial score (nSPS) is 34.2. The van der Waals surface area contributed by atoms with Gasteiger partial charge in [0.15, 0.2) is 0 Å². The number of nitrogens with zero attached hydrogens (tertiary/aromatic N) is 1. The predicted octanol–water partition coefficient (Wildman–Crippen LogP) is 2.60. The van der Waals surface area contributed by atoms with Crippen LogP contribution in [-0.4, -0.2) is 12.1 Å². The van der Waals surface area contributed by atoms with Gasteiger partial charge in [-0.1, -0.05) is 30.4 Å². The lowest BCUT2D eigenvalue weighted by Gasteiger charge is -2.39. The van der Waals surface area contributed by atoms with Crippen LogP contribution in [0.15, 0.2) is 59.2 Å². The van der Waals surface area contributed by atoms with Crippen LogP contribution in [0.4, 0.5) is 0 Å². The van der Waals surface area contributed by atoms with E-state index in [1.54, 1.807) is 0 Å². The molecule has 0 unspecified atom stereocenters. The largest absolute Gasteiger partial charge is 0.454 e. The zero-order valence-corrected chi connectivity index (χ0v) is 13.1. The second kappa shape index (κ2) is 5.72. The monoisotopic (exact) mass is 322 g/mol. The summed E-state index contributed by atoms with van der Waals surface area (Å²) in [6, 6.07) is 2.15. The van der Waals surface area contributed by atoms with Crippen LogP contribution in [0.1, 0.15) is 19.3 Å². The van der Waals surface area contributed by atoms with Gasteiger partial charge in [-0.2, -0.15) is 5.26 Å². The number of ether oxygens (including phenoxy) is 2. The second-order valence-electron chi connectivity index (χ2n) is 6.44. The van der Waals surface area contributed by atoms with Crippen molar-refractivity contribution >= 4 is 5.97 Å². The molecule has 122 valence electrons. The maximum absolute atomic E-state index is 12.7. The molecule has 5 nitrogen and oxygen atoms in total. The van der Waals surface area contributed by atoms with Crippen molar-refractivity contribution < 1.29 is 14.3 Å². The molecule has 0 aromatic carbocycles. The third kappa shape index (κ3) is 2.18. The average Bonchev–Trinajstić information content (AvgIpc) is 2.61. The van der Waals surface area contributed by atoms with Crippen LogP contribution in [0, 0.1) is 29.1 Å². The number of hydrogen-bond donors (Lipinski definition) is 1. The van der Waals surface area contributed by atoms with Crippen molar-refractivity contribution in [2.75, 3.05) is 0 Å². The van der Waals surface area contributed by atoms with Crippen LogP contribution in [0.2, 0.25) is 0 Å². The Morgan fingerprint density at radius 1 is 1.25 bits per heavy atom. The molecule has 2 heterocycles. The Morgan fingerprint density at radius 2 is 2.08 bits per heavy atom. The van der Waals surface area contributed by atoms with Crippen LogP contribution in [0.5, 0.6) is 0 Å². The quantitative estimate of drug-likeness (QED) is 0.592. The fraction of sp³-hybridized carbons (Fsp3) is 0.368. The van der Waals surface area contributed by atoms with E-state index in [-0.39, 0.29) is 29.7 Å². The van der Waals surface area contributed by atoms with Crippen LogP contribution < -0.4 is 5.73 Å². The maximum atomic E-state index is 12.7. The highest BCUT2D eigenvalue weighted by atomic mass is 16.6. The summed E-state index contributed by atoms with van der Waals surface area (Å²) >= 11 is 0. The Hall–Kier alpha value is -2.74. The van der Waals surface area contributed by atoms with Gasteiger partial charge in [-0.05, 0) is 31.3 Å². The summed E-state index contributed by atoms with van der Waals surface area (Å²) in [5.41, 5.74) is 6.83. The van der Waals surface area contributed by atoms with E-state index in [0.29, 0.717) is 16.9 Å². The summed E-state index contributed by atoms with van der Waals surface area (Å²) in [4.78, 5) is 12.7. The molecule has 4 atom stereocenters. The fourth-order valence-electron chi connectivity index (χ4n) is 3.95. The van der Waals surface area contributed by atoms with Gasteiger partial charge in [0.1, 0.15) is 17.9 Å². The van der Waals surface area contributed by atoms with E-state index in [9.17, 15) is 10.1 Å². The van der Waals surface area contributed by atoms with E-state index in [0.717, 1.165) is 19.3 Å². The summed E-state index contributed by atoms with van der Waals surface area (Å²) in [7, 11) is 0. The molecule has 5 heteroatoms. The first-order chi connectivity index (χ1) is 11.7. The van der Waals surface area contributed by atoms with Gasteiger partial charge in [-0.3, -0.25) is 0 Å². The first-order valence-electron chi connectivity index (χ1n) is 8.25. The van der Waals surface area contributed by atoms with E-state index in [1.807, 2.05) is 24.3 Å². The number of nitriles is 1. The van der Waals surface area contributed by atoms with Crippen LogP contribution in [-0.2, 0) is 14.3 Å². The van der Waals surface area contributed by atoms with Gasteiger partial charge >= 0.3 is 5.97 Å². The standard InChI is InChI=1S/C19H18N2O3/c20-10-13-15(11-6-2-1-3-7-11)16-17(24-18(13)21)12-8-4-5-9-14(12)23-19(16)22/h2,4-6,8-9,11-12,14-15H,1,3,7,21H2/t11-,12-,14-,15-/m0/s1. The summed E-state index contributed by atoms with van der Waals surface area (Å²) in [5.74, 6) is -0.267. The summed E-state index contributed by atoms with van der Waals surface area (Å²) in [5, 5.41) is 9.58. The van der Waals surface area contributed by atoms with Gasteiger partial charge in [0.2, 0.25) is 5.88 Å². The Kier molecular flexibility index (Phi) is 3.53. The molecule has 0 bridgehead atoms. The van der Waals surface area contributed by atoms with Crippen molar-refractivity contribution in [3.63, 3.8) is 0 Å². The lowest BCUT2D eigenvalue weighted by Crippen LogP contribution is -2.41. The molecule has 2 aliphatic heterocycles. The molecule has 0 spiro atoms. The highest BCUT2D eigenvalue weighted by Gasteiger charge is 2.47. The molecule has 24 heavy (non-hydrogen) atoms. The Balaban J connectivity index is 1.84. The molecule has 0 radical (unpaired) electrons. The Bertz CT molecular complexity index is 779. The molecular weight excluding hydrogens is 304 g/mol. The van der Waals surface area contributed by atoms with Crippen LogP contribution in [0.3, 0.4) is 0 Å². The molecule has 0 saturated heterocycles. The minimum absolute atomic E-state index is 0.0630. The van der Waals surface area contributed by atoms with Gasteiger partial charge in [-0.25, -0.2) is 4.79 Å². The van der Waals surface area contributed by atoms with Gasteiger partial charge < -0.3 is 15.2 Å². The van der Waals surface area contributed by atoms with Gasteiger partial charge in [-0.15, -0.1) is 0 Å². The molecular formula is C19H18N2O3. The minimum atomic E-state index is -0.407. The number of hydrogen-bond acceptors (Lipinski definition) is 5. The summed E-state index contributed by atoms with van der Waals surface area (Å²) in [6.45, 7) is 0. The first kappa shape index (κ1) is 14.8. The first-order valence-corrected chi connectivity index (χ1v) is 8.25. The zero-order valence-electron chi connectivity index (χ0n) is 13.1. The van der Waals surface area contributed by atoms with E-state index >= 15 is 0 Å². The SMILES string of the molecule is N#CC1=C(N)OC2=C(C(=O)O[C@H]3C=CC=C[C@H]23)[C@H]1[C@H]1C=CCCC1. The molecule has 0 amide bonds. The molecule has 2 aliphatic carbocycles. The number of nitrogens with two attached hydrogens (primary N) is 1. The van der Waals surface area contributed by atoms with Crippen molar-refractivity contribution in [3.05, 3.63) is 59.2 Å². The van der Waals surface area contributed by atoms with E-state index in [2.05, 4.69) is 18.2 Å². The number of carbonyl (C=O) groups excluding carboxylic acids is 1. The maximum Gasteiger partial charge on any atom is 0.338 e. The molecule has 4 aliphatic rings. The van der Waals surface area contributed by atoms with Crippen molar-refractivity contribution in [3.8, 4) is 6.07 Å².